The van der Waals surface area contributed by atoms with E-state index in [1.165, 1.54) is 11.8 Å². The number of nitrogens with zero attached hydrogens (tertiary/aromatic N) is 3. The van der Waals surface area contributed by atoms with Crippen LogP contribution in [0.15, 0.2) is 93.7 Å². The van der Waals surface area contributed by atoms with Gasteiger partial charge in [-0.05, 0) is 24.3 Å². The summed E-state index contributed by atoms with van der Waals surface area (Å²) < 4.78 is 5.68. The zero-order chi connectivity index (χ0) is 19.9. The van der Waals surface area contributed by atoms with Gasteiger partial charge in [0.05, 0.1) is 12.7 Å². The largest absolute Gasteiger partial charge is 0.439 e. The zero-order valence-corrected chi connectivity index (χ0v) is 16.1. The van der Waals surface area contributed by atoms with E-state index in [0.29, 0.717) is 17.3 Å². The van der Waals surface area contributed by atoms with E-state index in [9.17, 15) is 4.79 Å². The quantitative estimate of drug-likeness (QED) is 0.489. The molecule has 3 aromatic heterocycles. The Balaban J connectivity index is 1.32. The predicted molar refractivity (Wildman–Crippen MR) is 110 cm³/mol. The maximum Gasteiger partial charge on any atom is 0.319 e. The van der Waals surface area contributed by atoms with Gasteiger partial charge in [-0.1, -0.05) is 48.2 Å². The topological polar surface area (TPSA) is 92.9 Å². The Bertz CT molecular complexity index is 1090. The molecule has 4 rings (SSSR count). The van der Waals surface area contributed by atoms with E-state index in [2.05, 4.69) is 25.6 Å². The first-order chi connectivity index (χ1) is 14.3. The van der Waals surface area contributed by atoms with Crippen molar-refractivity contribution < 1.29 is 9.21 Å². The summed E-state index contributed by atoms with van der Waals surface area (Å²) in [4.78, 5) is 25.0. The smallest absolute Gasteiger partial charge is 0.319 e. The lowest BCUT2D eigenvalue weighted by Gasteiger charge is -2.07. The molecular formula is C21H17N5O2S. The van der Waals surface area contributed by atoms with Crippen molar-refractivity contribution in [3.8, 4) is 11.3 Å². The predicted octanol–water partition coefficient (Wildman–Crippen LogP) is 4.60. The molecule has 0 saturated heterocycles. The van der Waals surface area contributed by atoms with Crippen molar-refractivity contribution in [1.82, 2.24) is 20.3 Å². The lowest BCUT2D eigenvalue weighted by Crippen LogP contribution is -2.28. The van der Waals surface area contributed by atoms with Gasteiger partial charge in [0.25, 0.3) is 0 Å². The van der Waals surface area contributed by atoms with Gasteiger partial charge in [-0.15, -0.1) is 0 Å². The molecule has 7 nitrogen and oxygen atoms in total. The van der Waals surface area contributed by atoms with Crippen molar-refractivity contribution in [3.05, 3.63) is 85.1 Å². The van der Waals surface area contributed by atoms with E-state index in [0.717, 1.165) is 15.6 Å². The number of carbonyl (C=O) groups is 1. The normalized spacial score (nSPS) is 10.5. The van der Waals surface area contributed by atoms with Gasteiger partial charge in [-0.2, -0.15) is 0 Å². The number of anilines is 1. The molecule has 0 aliphatic heterocycles. The average molecular weight is 403 g/mol. The second-order valence-electron chi connectivity index (χ2n) is 5.94. The zero-order valence-electron chi connectivity index (χ0n) is 15.3. The monoisotopic (exact) mass is 403 g/mol. The Kier molecular flexibility index (Phi) is 5.82. The van der Waals surface area contributed by atoms with E-state index in [1.807, 2.05) is 48.5 Å². The number of urea groups is 1. The number of rotatable bonds is 6. The van der Waals surface area contributed by atoms with Gasteiger partial charge in [-0.3, -0.25) is 0 Å². The number of oxazole rings is 1. The number of aromatic nitrogens is 3. The van der Waals surface area contributed by atoms with Crippen molar-refractivity contribution in [1.29, 1.82) is 0 Å². The Morgan fingerprint density at radius 1 is 0.931 bits per heavy atom. The molecule has 0 aliphatic carbocycles. The van der Waals surface area contributed by atoms with Gasteiger partial charge in [0.15, 0.2) is 5.76 Å². The van der Waals surface area contributed by atoms with Crippen LogP contribution in [0.3, 0.4) is 0 Å². The molecule has 3 heterocycles. The molecule has 144 valence electrons. The van der Waals surface area contributed by atoms with Crippen LogP contribution in [0.4, 0.5) is 10.5 Å². The SMILES string of the molecule is O=C(NCc1ncc(-c2ccccc2)o1)Nc1ccnc(Sc2ccccn2)c1. The van der Waals surface area contributed by atoms with E-state index in [1.54, 1.807) is 30.7 Å². The Hall–Kier alpha value is -3.65. The molecule has 2 amide bonds. The Labute approximate surface area is 171 Å². The number of carbonyl (C=O) groups excluding carboxylic acids is 1. The molecule has 1 aromatic carbocycles. The molecule has 0 aliphatic rings. The van der Waals surface area contributed by atoms with Crippen LogP contribution in [-0.4, -0.2) is 21.0 Å². The van der Waals surface area contributed by atoms with Crippen LogP contribution in [0.2, 0.25) is 0 Å². The first kappa shape index (κ1) is 18.7. The standard InChI is InChI=1S/C21H17N5O2S/c27-21(25-14-18-24-13-17(28-18)15-6-2-1-3-7-15)26-16-9-11-23-20(12-16)29-19-8-4-5-10-22-19/h1-13H,14H2,(H2,23,25,26,27). The van der Waals surface area contributed by atoms with Gasteiger partial charge in [0.2, 0.25) is 5.89 Å². The molecule has 0 unspecified atom stereocenters. The van der Waals surface area contributed by atoms with Crippen molar-refractivity contribution in [3.63, 3.8) is 0 Å². The van der Waals surface area contributed by atoms with Crippen molar-refractivity contribution in [2.24, 2.45) is 0 Å². The highest BCUT2D eigenvalue weighted by Crippen LogP contribution is 2.25. The first-order valence-corrected chi connectivity index (χ1v) is 9.68. The van der Waals surface area contributed by atoms with E-state index >= 15 is 0 Å². The number of nitrogens with one attached hydrogen (secondary N) is 2. The van der Waals surface area contributed by atoms with E-state index in [4.69, 9.17) is 4.42 Å². The fraction of sp³-hybridized carbons (Fsp3) is 0.0476. The second-order valence-corrected chi connectivity index (χ2v) is 6.99. The molecule has 8 heteroatoms. The third-order valence-electron chi connectivity index (χ3n) is 3.85. The highest BCUT2D eigenvalue weighted by molar-refractivity contribution is 7.99. The first-order valence-electron chi connectivity index (χ1n) is 8.86. The molecule has 2 N–H and O–H groups in total. The summed E-state index contributed by atoms with van der Waals surface area (Å²) in [6.45, 7) is 0.180. The number of pyridine rings is 2. The molecule has 0 saturated carbocycles. The number of amides is 2. The lowest BCUT2D eigenvalue weighted by atomic mass is 10.2. The summed E-state index contributed by atoms with van der Waals surface area (Å²) in [7, 11) is 0. The van der Waals surface area contributed by atoms with Crippen LogP contribution in [0, 0.1) is 0 Å². The third kappa shape index (κ3) is 5.20. The van der Waals surface area contributed by atoms with Gasteiger partial charge >= 0.3 is 6.03 Å². The van der Waals surface area contributed by atoms with Crippen molar-refractivity contribution in [2.45, 2.75) is 16.6 Å². The van der Waals surface area contributed by atoms with E-state index < -0.39 is 0 Å². The molecule has 29 heavy (non-hydrogen) atoms. The maximum atomic E-state index is 12.2. The molecule has 4 aromatic rings. The highest BCUT2D eigenvalue weighted by atomic mass is 32.2. The van der Waals surface area contributed by atoms with Crippen LogP contribution in [0.25, 0.3) is 11.3 Å². The minimum Gasteiger partial charge on any atom is -0.439 e. The van der Waals surface area contributed by atoms with Crippen LogP contribution >= 0.6 is 11.8 Å². The number of hydrogen-bond acceptors (Lipinski definition) is 6. The second kappa shape index (κ2) is 9.03. The molecular weight excluding hydrogens is 386 g/mol. The van der Waals surface area contributed by atoms with Gasteiger partial charge in [-0.25, -0.2) is 19.7 Å². The Morgan fingerprint density at radius 3 is 2.59 bits per heavy atom. The molecule has 0 fully saturated rings. The van der Waals surface area contributed by atoms with Crippen LogP contribution in [0.1, 0.15) is 5.89 Å². The van der Waals surface area contributed by atoms with Crippen LogP contribution in [-0.2, 0) is 6.54 Å². The molecule has 0 bridgehead atoms. The highest BCUT2D eigenvalue weighted by Gasteiger charge is 2.09. The lowest BCUT2D eigenvalue weighted by molar-refractivity contribution is 0.250. The summed E-state index contributed by atoms with van der Waals surface area (Å²) in [6, 6.07) is 18.5. The Morgan fingerprint density at radius 2 is 1.76 bits per heavy atom. The fourth-order valence-corrected chi connectivity index (χ4v) is 3.29. The summed E-state index contributed by atoms with van der Waals surface area (Å²) >= 11 is 1.42. The van der Waals surface area contributed by atoms with Crippen LogP contribution < -0.4 is 10.6 Å². The average Bonchev–Trinajstić information content (AvgIpc) is 3.23. The summed E-state index contributed by atoms with van der Waals surface area (Å²) in [5.41, 5.74) is 1.57. The number of benzene rings is 1. The maximum absolute atomic E-state index is 12.2. The summed E-state index contributed by atoms with van der Waals surface area (Å²) in [5.74, 6) is 1.09. The molecule has 0 spiro atoms. The minimum atomic E-state index is -0.357. The van der Waals surface area contributed by atoms with E-state index in [-0.39, 0.29) is 12.6 Å². The van der Waals surface area contributed by atoms with Crippen LogP contribution in [0.5, 0.6) is 0 Å². The summed E-state index contributed by atoms with van der Waals surface area (Å²) in [6.07, 6.45) is 5.01. The molecule has 0 radical (unpaired) electrons. The molecule has 0 atom stereocenters. The van der Waals surface area contributed by atoms with Gasteiger partial charge in [0.1, 0.15) is 10.1 Å². The van der Waals surface area contributed by atoms with Gasteiger partial charge in [0, 0.05) is 23.6 Å². The minimum absolute atomic E-state index is 0.180. The fourth-order valence-electron chi connectivity index (χ4n) is 2.52. The van der Waals surface area contributed by atoms with Gasteiger partial charge < -0.3 is 15.1 Å². The summed E-state index contributed by atoms with van der Waals surface area (Å²) in [5, 5.41) is 7.09. The van der Waals surface area contributed by atoms with Crippen molar-refractivity contribution in [2.75, 3.05) is 5.32 Å². The van der Waals surface area contributed by atoms with Crippen molar-refractivity contribution >= 4 is 23.5 Å². The number of hydrogen-bond donors (Lipinski definition) is 2. The third-order valence-corrected chi connectivity index (χ3v) is 4.73.